The Morgan fingerprint density at radius 1 is 1.20 bits per heavy atom. The predicted molar refractivity (Wildman–Crippen MR) is 127 cm³/mol. The van der Waals surface area contributed by atoms with Crippen molar-refractivity contribution in [3.05, 3.63) is 58.0 Å². The standard InChI is InChI=1S/C23H25F2N4O5P/c1-34-20-11-16-12-26-29(13-19(30)15-2-3-17(24)18(25)10-15)23(31)21(16)22(27-20)28-7-4-14(5-8-28)6-9-35(32)33/h2-3,10-12,14,32-33H,4-9,13H2,1H3. The molecule has 2 N–H and O–H groups in total. The number of ether oxygens (including phenoxy) is 1. The fraction of sp³-hybridized carbons (Fsp3) is 0.391. The minimum absolute atomic E-state index is 0.0673. The van der Waals surface area contributed by atoms with Gasteiger partial charge in [0, 0.05) is 36.3 Å². The molecule has 9 nitrogen and oxygen atoms in total. The number of fused-ring (bicyclic) bond motifs is 1. The Morgan fingerprint density at radius 3 is 2.60 bits per heavy atom. The van der Waals surface area contributed by atoms with Crippen LogP contribution >= 0.6 is 8.38 Å². The zero-order chi connectivity index (χ0) is 25.1. The number of aromatic nitrogens is 3. The molecule has 3 heterocycles. The molecule has 0 radical (unpaired) electrons. The van der Waals surface area contributed by atoms with Crippen LogP contribution in [0.1, 0.15) is 29.6 Å². The van der Waals surface area contributed by atoms with Crippen LogP contribution < -0.4 is 15.2 Å². The zero-order valence-corrected chi connectivity index (χ0v) is 19.9. The van der Waals surface area contributed by atoms with Gasteiger partial charge in [-0.25, -0.2) is 13.5 Å². The predicted octanol–water partition coefficient (Wildman–Crippen LogP) is 2.86. The highest BCUT2D eigenvalue weighted by Gasteiger charge is 2.25. The van der Waals surface area contributed by atoms with Crippen LogP contribution in [0.3, 0.4) is 0 Å². The summed E-state index contributed by atoms with van der Waals surface area (Å²) < 4.78 is 33.1. The van der Waals surface area contributed by atoms with Crippen molar-refractivity contribution in [1.82, 2.24) is 14.8 Å². The van der Waals surface area contributed by atoms with E-state index >= 15 is 0 Å². The fourth-order valence-electron chi connectivity index (χ4n) is 4.24. The van der Waals surface area contributed by atoms with Gasteiger partial charge >= 0.3 is 0 Å². The van der Waals surface area contributed by atoms with Crippen molar-refractivity contribution in [1.29, 1.82) is 0 Å². The number of benzene rings is 1. The molecule has 1 aliphatic heterocycles. The Morgan fingerprint density at radius 2 is 1.94 bits per heavy atom. The monoisotopic (exact) mass is 506 g/mol. The summed E-state index contributed by atoms with van der Waals surface area (Å²) in [4.78, 5) is 50.9. The third-order valence-electron chi connectivity index (χ3n) is 6.19. The Balaban J connectivity index is 1.64. The van der Waals surface area contributed by atoms with E-state index in [0.29, 0.717) is 42.3 Å². The molecule has 1 saturated heterocycles. The molecule has 2 aromatic heterocycles. The molecule has 0 atom stereocenters. The lowest BCUT2D eigenvalue weighted by atomic mass is 9.94. The van der Waals surface area contributed by atoms with Crippen LogP contribution in [0.2, 0.25) is 0 Å². The highest BCUT2D eigenvalue weighted by atomic mass is 31.2. The number of hydrogen-bond donors (Lipinski definition) is 2. The Bertz CT molecular complexity index is 1290. The first kappa shape index (κ1) is 25.1. The number of methoxy groups -OCH3 is 1. The summed E-state index contributed by atoms with van der Waals surface area (Å²) in [7, 11) is -0.433. The molecule has 0 spiro atoms. The number of carbonyl (C=O) groups excluding carboxylic acids is 1. The molecule has 186 valence electrons. The van der Waals surface area contributed by atoms with E-state index in [-0.39, 0.29) is 10.9 Å². The summed E-state index contributed by atoms with van der Waals surface area (Å²) >= 11 is 0. The highest BCUT2D eigenvalue weighted by molar-refractivity contribution is 7.45. The van der Waals surface area contributed by atoms with Crippen LogP contribution in [0.25, 0.3) is 10.8 Å². The third kappa shape index (κ3) is 5.63. The Labute approximate surface area is 200 Å². The minimum Gasteiger partial charge on any atom is -0.481 e. The van der Waals surface area contributed by atoms with Gasteiger partial charge < -0.3 is 19.4 Å². The number of halogens is 2. The van der Waals surface area contributed by atoms with E-state index in [1.807, 2.05) is 4.90 Å². The molecule has 12 heteroatoms. The first-order valence-electron chi connectivity index (χ1n) is 11.1. The summed E-state index contributed by atoms with van der Waals surface area (Å²) in [6, 6.07) is 4.40. The van der Waals surface area contributed by atoms with E-state index in [2.05, 4.69) is 10.1 Å². The minimum atomic E-state index is -1.91. The average Bonchev–Trinajstić information content (AvgIpc) is 2.85. The number of Topliss-reactive ketones (excluding diaryl/α,β-unsaturated/α-hetero) is 1. The zero-order valence-electron chi connectivity index (χ0n) is 19.0. The van der Waals surface area contributed by atoms with Gasteiger partial charge in [-0.05, 0) is 43.4 Å². The van der Waals surface area contributed by atoms with Crippen LogP contribution in [0.15, 0.2) is 35.3 Å². The number of nitrogens with zero attached hydrogens (tertiary/aromatic N) is 4. The second-order valence-corrected chi connectivity index (χ2v) is 9.62. The van der Waals surface area contributed by atoms with Crippen molar-refractivity contribution in [3.63, 3.8) is 0 Å². The van der Waals surface area contributed by atoms with Crippen LogP contribution in [0.5, 0.6) is 5.88 Å². The van der Waals surface area contributed by atoms with Crippen molar-refractivity contribution >= 4 is 30.7 Å². The van der Waals surface area contributed by atoms with E-state index < -0.39 is 37.9 Å². The highest BCUT2D eigenvalue weighted by Crippen LogP contribution is 2.33. The third-order valence-corrected chi connectivity index (χ3v) is 6.85. The summed E-state index contributed by atoms with van der Waals surface area (Å²) in [5.74, 6) is -1.71. The van der Waals surface area contributed by atoms with E-state index in [4.69, 9.17) is 4.74 Å². The largest absolute Gasteiger partial charge is 0.481 e. The van der Waals surface area contributed by atoms with E-state index in [1.165, 1.54) is 13.3 Å². The second kappa shape index (κ2) is 10.7. The topological polar surface area (TPSA) is 118 Å². The van der Waals surface area contributed by atoms with Crippen LogP contribution in [-0.4, -0.2) is 56.7 Å². The Kier molecular flexibility index (Phi) is 7.69. The summed E-state index contributed by atoms with van der Waals surface area (Å²) in [5.41, 5.74) is -0.598. The van der Waals surface area contributed by atoms with Gasteiger partial charge in [0.2, 0.25) is 5.88 Å². The van der Waals surface area contributed by atoms with Gasteiger partial charge in [0.25, 0.3) is 5.56 Å². The number of piperidine rings is 1. The smallest absolute Gasteiger partial charge is 0.278 e. The number of anilines is 1. The second-order valence-electron chi connectivity index (χ2n) is 8.43. The average molecular weight is 506 g/mol. The Hall–Kier alpha value is -3.01. The molecular formula is C23H25F2N4O5P. The quantitative estimate of drug-likeness (QED) is 0.354. The number of hydrogen-bond acceptors (Lipinski definition) is 8. The maximum Gasteiger partial charge on any atom is 0.278 e. The molecule has 35 heavy (non-hydrogen) atoms. The molecule has 1 fully saturated rings. The number of ketones is 1. The molecule has 0 saturated carbocycles. The van der Waals surface area contributed by atoms with E-state index in [0.717, 1.165) is 42.1 Å². The summed E-state index contributed by atoms with van der Waals surface area (Å²) in [5, 5.41) is 4.88. The van der Waals surface area contributed by atoms with Gasteiger partial charge in [-0.3, -0.25) is 9.59 Å². The van der Waals surface area contributed by atoms with Gasteiger partial charge in [-0.2, -0.15) is 10.1 Å². The molecule has 4 rings (SSSR count). The molecule has 3 aromatic rings. The lowest BCUT2D eigenvalue weighted by Gasteiger charge is -2.33. The first-order valence-corrected chi connectivity index (χ1v) is 12.5. The molecule has 0 amide bonds. The van der Waals surface area contributed by atoms with Crippen LogP contribution in [0.4, 0.5) is 14.6 Å². The first-order chi connectivity index (χ1) is 16.8. The molecule has 1 aliphatic rings. The van der Waals surface area contributed by atoms with E-state index in [9.17, 15) is 28.2 Å². The summed E-state index contributed by atoms with van der Waals surface area (Å²) in [6.07, 6.45) is 4.15. The summed E-state index contributed by atoms with van der Waals surface area (Å²) in [6.45, 7) is 0.785. The number of carbonyl (C=O) groups is 1. The van der Waals surface area contributed by atoms with Crippen molar-refractivity contribution in [3.8, 4) is 5.88 Å². The number of rotatable bonds is 8. The maximum atomic E-state index is 13.6. The van der Waals surface area contributed by atoms with Crippen molar-refractivity contribution in [2.24, 2.45) is 5.92 Å². The lowest BCUT2D eigenvalue weighted by Crippen LogP contribution is -2.36. The van der Waals surface area contributed by atoms with Crippen LogP contribution in [0, 0.1) is 17.6 Å². The van der Waals surface area contributed by atoms with Crippen LogP contribution in [-0.2, 0) is 6.54 Å². The molecule has 0 aliphatic carbocycles. The molecule has 0 bridgehead atoms. The fourth-order valence-corrected chi connectivity index (χ4v) is 4.83. The van der Waals surface area contributed by atoms with E-state index in [1.54, 1.807) is 6.07 Å². The van der Waals surface area contributed by atoms with Crippen molar-refractivity contribution in [2.45, 2.75) is 25.8 Å². The van der Waals surface area contributed by atoms with Crippen molar-refractivity contribution in [2.75, 3.05) is 31.3 Å². The SMILES string of the molecule is COc1cc2cnn(CC(=O)c3ccc(F)c(F)c3)c(=O)c2c(N2CCC(CCP(O)O)CC2)n1. The molecule has 0 unspecified atom stereocenters. The van der Waals surface area contributed by atoms with Gasteiger partial charge in [-0.1, -0.05) is 0 Å². The maximum absolute atomic E-state index is 13.6. The normalized spacial score (nSPS) is 14.6. The number of pyridine rings is 1. The van der Waals surface area contributed by atoms with Gasteiger partial charge in [0.15, 0.2) is 25.8 Å². The lowest BCUT2D eigenvalue weighted by molar-refractivity contribution is 0.0965. The van der Waals surface area contributed by atoms with Gasteiger partial charge in [0.05, 0.1) is 18.7 Å². The van der Waals surface area contributed by atoms with Gasteiger partial charge in [-0.15, -0.1) is 0 Å². The van der Waals surface area contributed by atoms with Gasteiger partial charge in [0.1, 0.15) is 12.4 Å². The molecular weight excluding hydrogens is 481 g/mol. The molecule has 1 aromatic carbocycles. The van der Waals surface area contributed by atoms with Crippen molar-refractivity contribution < 1.29 is 28.1 Å².